The first kappa shape index (κ1) is 44.8. The third-order valence-corrected chi connectivity index (χ3v) is 8.84. The molecule has 328 valence electrons. The summed E-state index contributed by atoms with van der Waals surface area (Å²) in [5, 5.41) is 18.4. The Morgan fingerprint density at radius 3 is 1.40 bits per heavy atom. The molecular formula is C37H46N16O9. The molecule has 5 rings (SSSR count). The van der Waals surface area contributed by atoms with E-state index in [1.165, 1.54) is 45.5 Å². The van der Waals surface area contributed by atoms with Crippen molar-refractivity contribution in [2.75, 3.05) is 50.1 Å². The summed E-state index contributed by atoms with van der Waals surface area (Å²) in [4.78, 5) is 112. The van der Waals surface area contributed by atoms with Crippen molar-refractivity contribution in [1.29, 1.82) is 0 Å². The highest BCUT2D eigenvalue weighted by Gasteiger charge is 2.20. The maximum absolute atomic E-state index is 13.1. The summed E-state index contributed by atoms with van der Waals surface area (Å²) in [6.45, 7) is 0. The Hall–Kier alpha value is -8.25. The third-order valence-electron chi connectivity index (χ3n) is 8.84. The van der Waals surface area contributed by atoms with E-state index in [4.69, 9.17) is 5.73 Å². The fourth-order valence-electron chi connectivity index (χ4n) is 5.75. The van der Waals surface area contributed by atoms with Crippen LogP contribution in [0.4, 0.5) is 46.4 Å². The highest BCUT2D eigenvalue weighted by molar-refractivity contribution is 6.04. The Labute approximate surface area is 352 Å². The van der Waals surface area contributed by atoms with E-state index in [2.05, 4.69) is 56.9 Å². The molecule has 0 aliphatic heterocycles. The monoisotopic (exact) mass is 858 g/mol. The molecule has 5 heterocycles. The van der Waals surface area contributed by atoms with Crippen LogP contribution in [-0.4, -0.2) is 92.2 Å². The van der Waals surface area contributed by atoms with E-state index in [0.717, 1.165) is 0 Å². The standard InChI is InChI=1S/C37H46N16O9/c1-49-15-20(39-35(60)33-41-22(38)17-51(33)3)13-25(49)46-29(56)9-7-27(54)42-23-18-52(4)34(44-23)36(61)40-21-14-26(50(2)16-21)47-30(57)10-8-28(55)43-24-19-53(5)37(45-24)48-31(58)11-12-32(59)62-6/h13-19H,7-12,38H2,1-6H3,(H,39,60)(H,40,61)(H,42,54)(H,43,55)(H,46,56)(H,47,57)(H,45,48,58). The summed E-state index contributed by atoms with van der Waals surface area (Å²) in [5.74, 6) is -2.76. The fourth-order valence-corrected chi connectivity index (χ4v) is 5.75. The number of imidazole rings is 3. The summed E-state index contributed by atoms with van der Waals surface area (Å²) in [5.41, 5.74) is 6.37. The van der Waals surface area contributed by atoms with Gasteiger partial charge in [-0.25, -0.2) is 9.97 Å². The summed E-state index contributed by atoms with van der Waals surface area (Å²) in [7, 11) is 9.31. The molecule has 62 heavy (non-hydrogen) atoms. The van der Waals surface area contributed by atoms with Crippen molar-refractivity contribution in [3.8, 4) is 0 Å². The summed E-state index contributed by atoms with van der Waals surface area (Å²) < 4.78 is 12.0. The van der Waals surface area contributed by atoms with E-state index in [9.17, 15) is 38.4 Å². The van der Waals surface area contributed by atoms with Crippen molar-refractivity contribution in [2.24, 2.45) is 35.2 Å². The molecule has 25 nitrogen and oxygen atoms in total. The van der Waals surface area contributed by atoms with Gasteiger partial charge in [-0.05, 0) is 0 Å². The lowest BCUT2D eigenvalue weighted by atomic mass is 10.3. The number of nitrogens with two attached hydrogens (primary N) is 1. The number of nitrogens with zero attached hydrogens (tertiary/aromatic N) is 8. The van der Waals surface area contributed by atoms with Gasteiger partial charge in [-0.15, -0.1) is 0 Å². The normalized spacial score (nSPS) is 10.7. The lowest BCUT2D eigenvalue weighted by Crippen LogP contribution is -2.19. The predicted octanol–water partition coefficient (Wildman–Crippen LogP) is 1.26. The van der Waals surface area contributed by atoms with Crippen molar-refractivity contribution in [3.05, 3.63) is 54.8 Å². The average Bonchev–Trinajstić information content (AvgIpc) is 4.01. The van der Waals surface area contributed by atoms with Crippen molar-refractivity contribution in [3.63, 3.8) is 0 Å². The number of aromatic nitrogens is 8. The number of ether oxygens (including phenoxy) is 1. The Bertz CT molecular complexity index is 2540. The molecule has 0 atom stereocenters. The molecule has 7 amide bonds. The van der Waals surface area contributed by atoms with Crippen LogP contribution in [0.15, 0.2) is 43.1 Å². The molecule has 25 heteroatoms. The number of hydrogen-bond donors (Lipinski definition) is 8. The molecule has 0 spiro atoms. The van der Waals surface area contributed by atoms with Crippen molar-refractivity contribution < 1.29 is 43.1 Å². The van der Waals surface area contributed by atoms with E-state index < -0.39 is 47.3 Å². The molecule has 0 aliphatic rings. The molecule has 0 saturated heterocycles. The number of amides is 7. The Balaban J connectivity index is 1.04. The van der Waals surface area contributed by atoms with E-state index in [0.29, 0.717) is 23.0 Å². The second-order valence-corrected chi connectivity index (χ2v) is 13.9. The summed E-state index contributed by atoms with van der Waals surface area (Å²) in [6.07, 6.45) is 6.58. The number of anilines is 8. The van der Waals surface area contributed by atoms with Gasteiger partial charge in [0, 0.05) is 110 Å². The smallest absolute Gasteiger partial charge is 0.306 e. The first-order valence-electron chi connectivity index (χ1n) is 18.7. The van der Waals surface area contributed by atoms with Crippen molar-refractivity contribution in [1.82, 2.24) is 37.8 Å². The molecular weight excluding hydrogens is 813 g/mol. The van der Waals surface area contributed by atoms with Crippen molar-refractivity contribution >= 4 is 93.7 Å². The van der Waals surface area contributed by atoms with E-state index in [-0.39, 0.29) is 73.6 Å². The molecule has 0 radical (unpaired) electrons. The second-order valence-electron chi connectivity index (χ2n) is 13.9. The van der Waals surface area contributed by atoms with Gasteiger partial charge in [0.05, 0.1) is 24.9 Å². The molecule has 5 aromatic heterocycles. The minimum absolute atomic E-state index is 0.0440. The average molecular weight is 859 g/mol. The number of esters is 1. The zero-order chi connectivity index (χ0) is 45.2. The molecule has 0 bridgehead atoms. The number of carbonyl (C=O) groups excluding carboxylic acids is 8. The van der Waals surface area contributed by atoms with Gasteiger partial charge >= 0.3 is 5.97 Å². The van der Waals surface area contributed by atoms with Crippen molar-refractivity contribution in [2.45, 2.75) is 38.5 Å². The van der Waals surface area contributed by atoms with Gasteiger partial charge in [0.2, 0.25) is 47.1 Å². The van der Waals surface area contributed by atoms with Crippen LogP contribution in [0, 0.1) is 0 Å². The van der Waals surface area contributed by atoms with Gasteiger partial charge in [-0.1, -0.05) is 0 Å². The van der Waals surface area contributed by atoms with Crippen LogP contribution in [-0.2, 0) is 68.7 Å². The number of nitrogens with one attached hydrogen (secondary N) is 7. The minimum Gasteiger partial charge on any atom is -0.469 e. The van der Waals surface area contributed by atoms with E-state index >= 15 is 0 Å². The van der Waals surface area contributed by atoms with Crippen LogP contribution in [0.5, 0.6) is 0 Å². The topological polar surface area (TPSA) is 319 Å². The highest BCUT2D eigenvalue weighted by Crippen LogP contribution is 2.21. The first-order chi connectivity index (χ1) is 29.4. The number of nitrogen functional groups attached to an aromatic ring is 1. The van der Waals surface area contributed by atoms with Gasteiger partial charge in [-0.2, -0.15) is 4.98 Å². The molecule has 0 aromatic carbocycles. The largest absolute Gasteiger partial charge is 0.469 e. The highest BCUT2D eigenvalue weighted by atomic mass is 16.5. The lowest BCUT2D eigenvalue weighted by Gasteiger charge is -2.06. The van der Waals surface area contributed by atoms with Gasteiger partial charge in [0.1, 0.15) is 17.5 Å². The zero-order valence-electron chi connectivity index (χ0n) is 34.6. The quantitative estimate of drug-likeness (QED) is 0.0576. The van der Waals surface area contributed by atoms with Crippen LogP contribution in [0.3, 0.4) is 0 Å². The third kappa shape index (κ3) is 12.1. The minimum atomic E-state index is -0.617. The first-order valence-corrected chi connectivity index (χ1v) is 18.7. The van der Waals surface area contributed by atoms with Crippen LogP contribution in [0.25, 0.3) is 0 Å². The number of rotatable bonds is 18. The zero-order valence-corrected chi connectivity index (χ0v) is 34.6. The summed E-state index contributed by atoms with van der Waals surface area (Å²) >= 11 is 0. The number of hydrogen-bond acceptors (Lipinski definition) is 13. The SMILES string of the molecule is COC(=O)CCC(=O)Nc1nc(NC(=O)CCC(=O)Nc2cc(NC(=O)c3nc(NC(=O)CCC(=O)Nc4cc(NC(=O)c5nc(N)cn5C)cn4C)cn3C)cn2C)cn1C. The van der Waals surface area contributed by atoms with Crippen LogP contribution < -0.4 is 43.0 Å². The molecule has 0 aliphatic carbocycles. The summed E-state index contributed by atoms with van der Waals surface area (Å²) in [6, 6.07) is 3.05. The molecule has 0 unspecified atom stereocenters. The number of aryl methyl sites for hydroxylation is 5. The Morgan fingerprint density at radius 2 is 0.919 bits per heavy atom. The Morgan fingerprint density at radius 1 is 0.500 bits per heavy atom. The molecule has 9 N–H and O–H groups in total. The molecule has 0 fully saturated rings. The van der Waals surface area contributed by atoms with Gasteiger partial charge in [0.25, 0.3) is 11.8 Å². The predicted molar refractivity (Wildman–Crippen MR) is 224 cm³/mol. The Kier molecular flexibility index (Phi) is 14.2. The number of carbonyl (C=O) groups is 8. The van der Waals surface area contributed by atoms with Gasteiger partial charge in [-0.3, -0.25) is 43.7 Å². The lowest BCUT2D eigenvalue weighted by molar-refractivity contribution is -0.141. The van der Waals surface area contributed by atoms with Crippen LogP contribution >= 0.6 is 0 Å². The fraction of sp³-hybridized carbons (Fsp3) is 0.324. The molecule has 5 aromatic rings. The van der Waals surface area contributed by atoms with Gasteiger partial charge < -0.3 is 65.2 Å². The maximum atomic E-state index is 13.1. The van der Waals surface area contributed by atoms with Gasteiger partial charge in [0.15, 0.2) is 11.6 Å². The number of methoxy groups -OCH3 is 1. The van der Waals surface area contributed by atoms with E-state index in [1.54, 1.807) is 62.8 Å². The second kappa shape index (κ2) is 19.7. The van der Waals surface area contributed by atoms with Crippen LogP contribution in [0.2, 0.25) is 0 Å². The van der Waals surface area contributed by atoms with Crippen LogP contribution in [0.1, 0.15) is 59.8 Å². The molecule has 0 saturated carbocycles. The maximum Gasteiger partial charge on any atom is 0.306 e. The van der Waals surface area contributed by atoms with E-state index in [1.807, 2.05) is 0 Å².